The number of nitrogens with zero attached hydrogens (tertiary/aromatic N) is 1. The van der Waals surface area contributed by atoms with Crippen LogP contribution in [0.3, 0.4) is 0 Å². The van der Waals surface area contributed by atoms with Crippen LogP contribution in [0.4, 0.5) is 0 Å². The number of nitrogens with one attached hydrogen (secondary N) is 1. The topological polar surface area (TPSA) is 58.6 Å². The first-order chi connectivity index (χ1) is 9.87. The van der Waals surface area contributed by atoms with Crippen molar-refractivity contribution in [2.75, 3.05) is 26.8 Å². The minimum atomic E-state index is -3.47. The molecule has 0 aromatic heterocycles. The lowest BCUT2D eigenvalue weighted by Crippen LogP contribution is -2.47. The Morgan fingerprint density at radius 3 is 2.67 bits per heavy atom. The second-order valence-corrected chi connectivity index (χ2v) is 7.47. The summed E-state index contributed by atoms with van der Waals surface area (Å²) in [4.78, 5) is 0.409. The van der Waals surface area contributed by atoms with E-state index in [0.717, 1.165) is 16.7 Å². The van der Waals surface area contributed by atoms with Gasteiger partial charge in [-0.15, -0.1) is 0 Å². The molecule has 0 amide bonds. The summed E-state index contributed by atoms with van der Waals surface area (Å²) in [6.07, 6.45) is 0. The third-order valence-electron chi connectivity index (χ3n) is 3.89. The predicted octanol–water partition coefficient (Wildman–Crippen LogP) is 1.43. The van der Waals surface area contributed by atoms with Crippen molar-refractivity contribution in [3.63, 3.8) is 0 Å². The molecule has 1 aromatic carbocycles. The van der Waals surface area contributed by atoms with Crippen molar-refractivity contribution >= 4 is 10.0 Å². The molecule has 21 heavy (non-hydrogen) atoms. The molecule has 1 aliphatic heterocycles. The highest BCUT2D eigenvalue weighted by Gasteiger charge is 2.32. The fraction of sp³-hybridized carbons (Fsp3) is 0.600. The minimum Gasteiger partial charge on any atom is -0.378 e. The first kappa shape index (κ1) is 16.4. The fourth-order valence-corrected chi connectivity index (χ4v) is 4.59. The molecule has 1 unspecified atom stereocenters. The lowest BCUT2D eigenvalue weighted by molar-refractivity contribution is 0.0392. The molecule has 1 fully saturated rings. The van der Waals surface area contributed by atoms with Crippen LogP contribution in [0.1, 0.15) is 23.6 Å². The van der Waals surface area contributed by atoms with E-state index in [-0.39, 0.29) is 6.04 Å². The number of aryl methyl sites for hydroxylation is 2. The summed E-state index contributed by atoms with van der Waals surface area (Å²) in [6.45, 7) is 7.73. The van der Waals surface area contributed by atoms with Crippen LogP contribution in [-0.4, -0.2) is 45.6 Å². The third-order valence-corrected chi connectivity index (χ3v) is 6.05. The van der Waals surface area contributed by atoms with Crippen molar-refractivity contribution in [2.24, 2.45) is 0 Å². The number of hydrogen-bond acceptors (Lipinski definition) is 4. The van der Waals surface area contributed by atoms with Gasteiger partial charge < -0.3 is 10.1 Å². The van der Waals surface area contributed by atoms with Gasteiger partial charge in [-0.25, -0.2) is 8.42 Å². The molecule has 0 saturated carbocycles. The maximum atomic E-state index is 12.9. The van der Waals surface area contributed by atoms with E-state index < -0.39 is 10.0 Å². The van der Waals surface area contributed by atoms with Crippen molar-refractivity contribution in [3.05, 3.63) is 28.8 Å². The molecule has 1 N–H and O–H groups in total. The Morgan fingerprint density at radius 1 is 1.33 bits per heavy atom. The van der Waals surface area contributed by atoms with E-state index in [4.69, 9.17) is 4.74 Å². The largest absolute Gasteiger partial charge is 0.378 e. The molecule has 1 heterocycles. The van der Waals surface area contributed by atoms with Crippen LogP contribution in [0.5, 0.6) is 0 Å². The zero-order chi connectivity index (χ0) is 15.6. The Morgan fingerprint density at radius 2 is 2.05 bits per heavy atom. The zero-order valence-corrected chi connectivity index (χ0v) is 14.0. The number of ether oxygens (including phenoxy) is 1. The van der Waals surface area contributed by atoms with Crippen molar-refractivity contribution in [1.29, 1.82) is 0 Å². The van der Waals surface area contributed by atoms with Gasteiger partial charge in [0.25, 0.3) is 0 Å². The molecule has 0 aliphatic carbocycles. The van der Waals surface area contributed by atoms with Gasteiger partial charge in [0, 0.05) is 19.1 Å². The monoisotopic (exact) mass is 312 g/mol. The molecule has 5 nitrogen and oxygen atoms in total. The molecular weight excluding hydrogens is 288 g/mol. The summed E-state index contributed by atoms with van der Waals surface area (Å²) in [5.41, 5.74) is 2.92. The lowest BCUT2D eigenvalue weighted by atomic mass is 10.1. The molecule has 6 heteroatoms. The molecule has 1 aliphatic rings. The van der Waals surface area contributed by atoms with Gasteiger partial charge in [-0.05, 0) is 50.6 Å². The highest BCUT2D eigenvalue weighted by Crippen LogP contribution is 2.26. The first-order valence-electron chi connectivity index (χ1n) is 7.22. The second kappa shape index (κ2) is 6.44. The van der Waals surface area contributed by atoms with Gasteiger partial charge >= 0.3 is 0 Å². The highest BCUT2D eigenvalue weighted by atomic mass is 32.2. The molecule has 0 bridgehead atoms. The van der Waals surface area contributed by atoms with Crippen LogP contribution in [-0.2, 0) is 21.3 Å². The van der Waals surface area contributed by atoms with Gasteiger partial charge in [0.05, 0.1) is 18.1 Å². The molecule has 2 rings (SSSR count). The summed E-state index contributed by atoms with van der Waals surface area (Å²) in [5.74, 6) is 0. The first-order valence-corrected chi connectivity index (χ1v) is 8.66. The van der Waals surface area contributed by atoms with Crippen LogP contribution in [0.15, 0.2) is 17.0 Å². The van der Waals surface area contributed by atoms with Gasteiger partial charge in [-0.1, -0.05) is 6.07 Å². The lowest BCUT2D eigenvalue weighted by Gasteiger charge is -2.32. The normalized spacial score (nSPS) is 20.7. The minimum absolute atomic E-state index is 0.128. The number of sulfonamides is 1. The Balaban J connectivity index is 2.46. The summed E-state index contributed by atoms with van der Waals surface area (Å²) in [6, 6.07) is 3.63. The average Bonchev–Trinajstić information content (AvgIpc) is 2.42. The van der Waals surface area contributed by atoms with E-state index in [9.17, 15) is 8.42 Å². The van der Waals surface area contributed by atoms with E-state index in [0.29, 0.717) is 31.2 Å². The van der Waals surface area contributed by atoms with Crippen molar-refractivity contribution < 1.29 is 13.2 Å². The van der Waals surface area contributed by atoms with Crippen molar-refractivity contribution in [3.8, 4) is 0 Å². The molecule has 1 atom stereocenters. The fourth-order valence-electron chi connectivity index (χ4n) is 2.73. The molecular formula is C15H24N2O3S. The Bertz CT molecular complexity index is 614. The highest BCUT2D eigenvalue weighted by molar-refractivity contribution is 7.89. The average molecular weight is 312 g/mol. The van der Waals surface area contributed by atoms with Gasteiger partial charge in [-0.3, -0.25) is 0 Å². The maximum absolute atomic E-state index is 12.9. The van der Waals surface area contributed by atoms with Crippen LogP contribution in [0.25, 0.3) is 0 Å². The van der Waals surface area contributed by atoms with Crippen LogP contribution >= 0.6 is 0 Å². The molecule has 1 saturated heterocycles. The summed E-state index contributed by atoms with van der Waals surface area (Å²) in [5, 5.41) is 3.08. The number of morpholine rings is 1. The third kappa shape index (κ3) is 3.29. The van der Waals surface area contributed by atoms with E-state index >= 15 is 0 Å². The van der Waals surface area contributed by atoms with E-state index in [1.54, 1.807) is 10.4 Å². The summed E-state index contributed by atoms with van der Waals surface area (Å²) >= 11 is 0. The van der Waals surface area contributed by atoms with Crippen molar-refractivity contribution in [1.82, 2.24) is 9.62 Å². The Labute approximate surface area is 127 Å². The van der Waals surface area contributed by atoms with Gasteiger partial charge in [0.15, 0.2) is 0 Å². The summed E-state index contributed by atoms with van der Waals surface area (Å²) < 4.78 is 32.8. The van der Waals surface area contributed by atoms with Crippen LogP contribution in [0.2, 0.25) is 0 Å². The van der Waals surface area contributed by atoms with E-state index in [1.807, 2.05) is 33.9 Å². The van der Waals surface area contributed by atoms with E-state index in [2.05, 4.69) is 5.32 Å². The number of hydrogen-bond donors (Lipinski definition) is 1. The smallest absolute Gasteiger partial charge is 0.243 e. The second-order valence-electron chi connectivity index (χ2n) is 5.61. The standard InChI is InChI=1S/C15H24N2O3S/c1-11-7-12(2)15(8-14(11)9-16-4)21(18,19)17-5-6-20-10-13(17)3/h7-8,13,16H,5-6,9-10H2,1-4H3. The van der Waals surface area contributed by atoms with E-state index in [1.165, 1.54) is 0 Å². The number of benzene rings is 1. The van der Waals surface area contributed by atoms with Gasteiger partial charge in [0.2, 0.25) is 10.0 Å². The SMILES string of the molecule is CNCc1cc(S(=O)(=O)N2CCOCC2C)c(C)cc1C. The predicted molar refractivity (Wildman–Crippen MR) is 82.9 cm³/mol. The Hall–Kier alpha value is -0.950. The molecule has 118 valence electrons. The zero-order valence-electron chi connectivity index (χ0n) is 13.1. The maximum Gasteiger partial charge on any atom is 0.243 e. The van der Waals surface area contributed by atoms with Gasteiger partial charge in [-0.2, -0.15) is 4.31 Å². The van der Waals surface area contributed by atoms with Gasteiger partial charge in [0.1, 0.15) is 0 Å². The molecule has 0 spiro atoms. The molecule has 0 radical (unpaired) electrons. The molecule has 1 aromatic rings. The Kier molecular flexibility index (Phi) is 5.03. The van der Waals surface area contributed by atoms with Crippen molar-refractivity contribution in [2.45, 2.75) is 38.3 Å². The van der Waals surface area contributed by atoms with Crippen LogP contribution in [0, 0.1) is 13.8 Å². The summed E-state index contributed by atoms with van der Waals surface area (Å²) in [7, 11) is -1.62. The van der Waals surface area contributed by atoms with Crippen LogP contribution < -0.4 is 5.32 Å². The quantitative estimate of drug-likeness (QED) is 0.914. The number of rotatable bonds is 4.